The van der Waals surface area contributed by atoms with Crippen LogP contribution in [-0.4, -0.2) is 18.5 Å². The molecule has 0 amide bonds. The molecule has 8 heteroatoms. The van der Waals surface area contributed by atoms with Crippen LogP contribution >= 0.6 is 0 Å². The lowest BCUT2D eigenvalue weighted by atomic mass is 9.80. The van der Waals surface area contributed by atoms with Gasteiger partial charge in [0.15, 0.2) is 11.6 Å². The van der Waals surface area contributed by atoms with Crippen molar-refractivity contribution < 1.29 is 35.5 Å². The van der Waals surface area contributed by atoms with Crippen LogP contribution in [0.25, 0.3) is 0 Å². The van der Waals surface area contributed by atoms with Gasteiger partial charge in [-0.15, -0.1) is 0 Å². The summed E-state index contributed by atoms with van der Waals surface area (Å²) in [5, 5.41) is 0. The van der Waals surface area contributed by atoms with E-state index in [4.69, 9.17) is 0 Å². The predicted molar refractivity (Wildman–Crippen MR) is 90.2 cm³/mol. The third-order valence-electron chi connectivity index (χ3n) is 4.72. The van der Waals surface area contributed by atoms with Crippen molar-refractivity contribution in [1.82, 2.24) is 0 Å². The third kappa shape index (κ3) is 6.05. The van der Waals surface area contributed by atoms with Crippen LogP contribution in [0.5, 0.6) is 5.75 Å². The van der Waals surface area contributed by atoms with E-state index in [-0.39, 0.29) is 11.5 Å². The highest BCUT2D eigenvalue weighted by Gasteiger charge is 2.59. The largest absolute Gasteiger partial charge is 0.439 e. The fraction of sp³-hybridized carbons (Fsp3) is 0.600. The second kappa shape index (κ2) is 9.06. The summed E-state index contributed by atoms with van der Waals surface area (Å²) >= 11 is 0. The van der Waals surface area contributed by atoms with E-state index in [1.165, 1.54) is 6.42 Å². The average molecular weight is 410 g/mol. The Morgan fingerprint density at radius 3 is 2.29 bits per heavy atom. The minimum atomic E-state index is -5.83. The summed E-state index contributed by atoms with van der Waals surface area (Å²) in [5.41, 5.74) is 0.177. The SMILES string of the molecule is CCCC1CCC(C#Cc2ccc(OC(F)(F)C(F)C(F)(F)F)c(F)c2)CC1. The highest BCUT2D eigenvalue weighted by molar-refractivity contribution is 5.39. The van der Waals surface area contributed by atoms with Gasteiger partial charge in [0.05, 0.1) is 0 Å². The van der Waals surface area contributed by atoms with Crippen LogP contribution in [0.2, 0.25) is 0 Å². The summed E-state index contributed by atoms with van der Waals surface area (Å²) in [6, 6.07) is 2.64. The van der Waals surface area contributed by atoms with Crippen molar-refractivity contribution in [3.63, 3.8) is 0 Å². The van der Waals surface area contributed by atoms with Gasteiger partial charge in [0.25, 0.3) is 6.17 Å². The topological polar surface area (TPSA) is 9.23 Å². The molecule has 156 valence electrons. The van der Waals surface area contributed by atoms with E-state index in [1.807, 2.05) is 0 Å². The molecule has 0 spiro atoms. The van der Waals surface area contributed by atoms with Gasteiger partial charge in [-0.1, -0.05) is 31.6 Å². The molecule has 1 unspecified atom stereocenters. The molecule has 1 aromatic carbocycles. The quantitative estimate of drug-likeness (QED) is 0.390. The molecule has 1 saturated carbocycles. The van der Waals surface area contributed by atoms with Crippen LogP contribution in [0.15, 0.2) is 18.2 Å². The molecule has 28 heavy (non-hydrogen) atoms. The van der Waals surface area contributed by atoms with E-state index >= 15 is 0 Å². The number of rotatable bonds is 5. The Kier molecular flexibility index (Phi) is 7.24. The molecule has 0 radical (unpaired) electrons. The van der Waals surface area contributed by atoms with Gasteiger partial charge in [0, 0.05) is 11.5 Å². The van der Waals surface area contributed by atoms with Crippen molar-refractivity contribution in [3.8, 4) is 17.6 Å². The summed E-state index contributed by atoms with van der Waals surface area (Å²) in [4.78, 5) is 0. The molecule has 1 atom stereocenters. The summed E-state index contributed by atoms with van der Waals surface area (Å²) in [5.74, 6) is 4.12. The molecule has 1 aliphatic rings. The highest BCUT2D eigenvalue weighted by atomic mass is 19.4. The van der Waals surface area contributed by atoms with Gasteiger partial charge in [0.1, 0.15) is 0 Å². The fourth-order valence-corrected chi connectivity index (χ4v) is 3.24. The van der Waals surface area contributed by atoms with Gasteiger partial charge in [-0.2, -0.15) is 22.0 Å². The van der Waals surface area contributed by atoms with Crippen LogP contribution < -0.4 is 4.74 Å². The van der Waals surface area contributed by atoms with Crippen LogP contribution in [0, 0.1) is 29.5 Å². The number of ether oxygens (including phenoxy) is 1. The monoisotopic (exact) mass is 410 g/mol. The average Bonchev–Trinajstić information content (AvgIpc) is 2.62. The first kappa shape index (κ1) is 22.4. The normalized spacial score (nSPS) is 21.6. The van der Waals surface area contributed by atoms with Crippen molar-refractivity contribution in [1.29, 1.82) is 0 Å². The number of hydrogen-bond acceptors (Lipinski definition) is 1. The van der Waals surface area contributed by atoms with E-state index in [0.29, 0.717) is 12.0 Å². The van der Waals surface area contributed by atoms with Crippen LogP contribution in [0.1, 0.15) is 51.0 Å². The molecule has 0 bridgehead atoms. The minimum Gasteiger partial charge on any atom is -0.427 e. The highest BCUT2D eigenvalue weighted by Crippen LogP contribution is 2.37. The molecule has 0 aliphatic heterocycles. The Labute approximate surface area is 159 Å². The molecular formula is C20H21F7O. The molecular weight excluding hydrogens is 389 g/mol. The standard InChI is InChI=1S/C20H21F7O/c1-2-3-13-4-6-14(7-5-13)8-9-15-10-11-17(16(21)12-15)28-20(26,27)18(22)19(23,24)25/h10-14,18H,2-7H2,1H3. The molecule has 1 fully saturated rings. The molecule has 0 heterocycles. The van der Waals surface area contributed by atoms with E-state index in [1.54, 1.807) is 0 Å². The van der Waals surface area contributed by atoms with Crippen LogP contribution in [0.4, 0.5) is 30.7 Å². The maximum absolute atomic E-state index is 13.9. The van der Waals surface area contributed by atoms with Crippen molar-refractivity contribution in [2.45, 2.75) is 63.9 Å². The van der Waals surface area contributed by atoms with Gasteiger partial charge in [0.2, 0.25) is 0 Å². The van der Waals surface area contributed by atoms with Crippen LogP contribution in [-0.2, 0) is 0 Å². The first-order chi connectivity index (χ1) is 13.0. The van der Waals surface area contributed by atoms with Crippen molar-refractivity contribution in [2.24, 2.45) is 11.8 Å². The Morgan fingerprint density at radius 2 is 1.75 bits per heavy atom. The molecule has 0 aromatic heterocycles. The van der Waals surface area contributed by atoms with Crippen LogP contribution in [0.3, 0.4) is 0 Å². The van der Waals surface area contributed by atoms with Crippen molar-refractivity contribution in [3.05, 3.63) is 29.6 Å². The second-order valence-electron chi connectivity index (χ2n) is 6.99. The van der Waals surface area contributed by atoms with Gasteiger partial charge in [-0.25, -0.2) is 8.78 Å². The van der Waals surface area contributed by atoms with E-state index in [2.05, 4.69) is 23.5 Å². The third-order valence-corrected chi connectivity index (χ3v) is 4.72. The van der Waals surface area contributed by atoms with E-state index in [0.717, 1.165) is 44.2 Å². The lowest BCUT2D eigenvalue weighted by molar-refractivity contribution is -0.305. The maximum Gasteiger partial charge on any atom is 0.439 e. The first-order valence-electron chi connectivity index (χ1n) is 9.11. The minimum absolute atomic E-state index is 0.163. The lowest BCUT2D eigenvalue weighted by Gasteiger charge is -2.25. The Bertz CT molecular complexity index is 709. The summed E-state index contributed by atoms with van der Waals surface area (Å²) in [6.07, 6.45) is -9.30. The Hall–Kier alpha value is -1.91. The second-order valence-corrected chi connectivity index (χ2v) is 6.99. The van der Waals surface area contributed by atoms with Crippen molar-refractivity contribution >= 4 is 0 Å². The van der Waals surface area contributed by atoms with Gasteiger partial charge < -0.3 is 4.74 Å². The number of alkyl halides is 6. The summed E-state index contributed by atoms with van der Waals surface area (Å²) < 4.78 is 93.2. The molecule has 1 aliphatic carbocycles. The zero-order valence-electron chi connectivity index (χ0n) is 15.3. The van der Waals surface area contributed by atoms with Gasteiger partial charge in [-0.3, -0.25) is 0 Å². The first-order valence-corrected chi connectivity index (χ1v) is 9.11. The number of benzene rings is 1. The molecule has 0 N–H and O–H groups in total. The summed E-state index contributed by atoms with van der Waals surface area (Å²) in [6.45, 7) is 2.14. The van der Waals surface area contributed by atoms with E-state index in [9.17, 15) is 30.7 Å². The number of halogens is 7. The van der Waals surface area contributed by atoms with E-state index < -0.39 is 30.0 Å². The zero-order chi connectivity index (χ0) is 20.9. The Morgan fingerprint density at radius 1 is 1.11 bits per heavy atom. The fourth-order valence-electron chi connectivity index (χ4n) is 3.24. The lowest BCUT2D eigenvalue weighted by Crippen LogP contribution is -2.45. The Balaban J connectivity index is 2.02. The van der Waals surface area contributed by atoms with Crippen molar-refractivity contribution in [2.75, 3.05) is 0 Å². The van der Waals surface area contributed by atoms with Gasteiger partial charge >= 0.3 is 12.3 Å². The molecule has 0 saturated heterocycles. The molecule has 1 nitrogen and oxygen atoms in total. The maximum atomic E-state index is 13.9. The molecule has 1 aromatic rings. The van der Waals surface area contributed by atoms with Gasteiger partial charge in [-0.05, 0) is 49.8 Å². The smallest absolute Gasteiger partial charge is 0.427 e. The molecule has 2 rings (SSSR count). The summed E-state index contributed by atoms with van der Waals surface area (Å²) in [7, 11) is 0. The predicted octanol–water partition coefficient (Wildman–Crippen LogP) is 6.66. The zero-order valence-corrected chi connectivity index (χ0v) is 15.3. The number of hydrogen-bond donors (Lipinski definition) is 0.